The molecule has 0 heterocycles. The van der Waals surface area contributed by atoms with Gasteiger partial charge in [0.2, 0.25) is 0 Å². The zero-order valence-corrected chi connectivity index (χ0v) is 21.8. The Morgan fingerprint density at radius 2 is 1.41 bits per heavy atom. The summed E-state index contributed by atoms with van der Waals surface area (Å²) in [5.74, 6) is -0.452. The number of unbranched alkanes of at least 4 members (excludes halogenated alkanes) is 11. The summed E-state index contributed by atoms with van der Waals surface area (Å²) in [6.07, 6.45) is 13.7. The minimum Gasteiger partial charge on any atom is -0.756 e. The van der Waals surface area contributed by atoms with Crippen molar-refractivity contribution in [2.24, 2.45) is 0 Å². The van der Waals surface area contributed by atoms with Gasteiger partial charge < -0.3 is 28.3 Å². The normalized spacial score (nSPS) is 14.8. The van der Waals surface area contributed by atoms with Gasteiger partial charge in [-0.3, -0.25) is 9.36 Å². The molecule has 0 rings (SSSR count). The highest BCUT2D eigenvalue weighted by Crippen LogP contribution is 2.38. The van der Waals surface area contributed by atoms with Gasteiger partial charge in [0.15, 0.2) is 0 Å². The second kappa shape index (κ2) is 18.9. The number of hydrogen-bond acceptors (Lipinski definition) is 7. The summed E-state index contributed by atoms with van der Waals surface area (Å²) in [4.78, 5) is 23.7. The van der Waals surface area contributed by atoms with E-state index in [1.54, 1.807) is 0 Å². The number of aliphatic hydroxyl groups is 1. The quantitative estimate of drug-likeness (QED) is 0.107. The van der Waals surface area contributed by atoms with Gasteiger partial charge >= 0.3 is 5.97 Å². The summed E-state index contributed by atoms with van der Waals surface area (Å²) in [7, 11) is 1.24. The molecule has 192 valence electrons. The van der Waals surface area contributed by atoms with Gasteiger partial charge in [-0.25, -0.2) is 0 Å². The molecule has 0 aliphatic heterocycles. The number of nitrogens with zero attached hydrogens (tertiary/aromatic N) is 1. The first-order valence-electron chi connectivity index (χ1n) is 12.3. The lowest BCUT2D eigenvalue weighted by atomic mass is 10.0. The summed E-state index contributed by atoms with van der Waals surface area (Å²) in [5.41, 5.74) is 0. The lowest BCUT2D eigenvalue weighted by Crippen LogP contribution is -2.37. The van der Waals surface area contributed by atoms with Gasteiger partial charge in [0.1, 0.15) is 19.3 Å². The number of ether oxygens (including phenoxy) is 1. The van der Waals surface area contributed by atoms with Gasteiger partial charge in [-0.15, -0.1) is 0 Å². The van der Waals surface area contributed by atoms with Crippen molar-refractivity contribution in [2.45, 2.75) is 96.5 Å². The van der Waals surface area contributed by atoms with Gasteiger partial charge in [-0.05, 0) is 6.42 Å². The Morgan fingerprint density at radius 3 is 1.88 bits per heavy atom. The predicted molar refractivity (Wildman–Crippen MR) is 125 cm³/mol. The van der Waals surface area contributed by atoms with Crippen LogP contribution in [-0.2, 0) is 23.1 Å². The average molecular weight is 482 g/mol. The van der Waals surface area contributed by atoms with Crippen molar-refractivity contribution < 1.29 is 37.6 Å². The Balaban J connectivity index is 3.78. The summed E-state index contributed by atoms with van der Waals surface area (Å²) in [6, 6.07) is 0. The van der Waals surface area contributed by atoms with E-state index in [-0.39, 0.29) is 13.0 Å². The molecule has 0 fully saturated rings. The number of phosphoric ester groups is 1. The lowest BCUT2D eigenvalue weighted by molar-refractivity contribution is -0.870. The molecule has 1 N–H and O–H groups in total. The van der Waals surface area contributed by atoms with E-state index in [9.17, 15) is 19.4 Å². The molecule has 2 atom stereocenters. The Bertz CT molecular complexity index is 511. The van der Waals surface area contributed by atoms with E-state index in [0.717, 1.165) is 19.3 Å². The van der Waals surface area contributed by atoms with E-state index in [1.807, 2.05) is 21.1 Å². The van der Waals surface area contributed by atoms with Gasteiger partial charge in [0, 0.05) is 6.42 Å². The van der Waals surface area contributed by atoms with Crippen molar-refractivity contribution in [3.8, 4) is 0 Å². The van der Waals surface area contributed by atoms with Crippen molar-refractivity contribution in [2.75, 3.05) is 47.5 Å². The van der Waals surface area contributed by atoms with E-state index in [2.05, 4.69) is 6.92 Å². The molecule has 8 nitrogen and oxygen atoms in total. The highest BCUT2D eigenvalue weighted by molar-refractivity contribution is 7.45. The maximum atomic E-state index is 11.9. The third-order valence-electron chi connectivity index (χ3n) is 5.17. The molecule has 0 saturated heterocycles. The molecule has 0 spiro atoms. The van der Waals surface area contributed by atoms with Crippen molar-refractivity contribution in [3.05, 3.63) is 0 Å². The molecule has 0 amide bonds. The first-order valence-corrected chi connectivity index (χ1v) is 13.8. The maximum Gasteiger partial charge on any atom is 0.306 e. The molecule has 0 radical (unpaired) electrons. The number of rotatable bonds is 22. The minimum absolute atomic E-state index is 0.00713. The van der Waals surface area contributed by atoms with Crippen LogP contribution in [-0.4, -0.2) is 69.2 Å². The molecule has 0 aromatic rings. The van der Waals surface area contributed by atoms with Gasteiger partial charge in [0.25, 0.3) is 7.82 Å². The zero-order chi connectivity index (χ0) is 24.3. The first kappa shape index (κ1) is 31.5. The van der Waals surface area contributed by atoms with Crippen LogP contribution in [0.3, 0.4) is 0 Å². The van der Waals surface area contributed by atoms with Crippen LogP contribution in [0, 0.1) is 0 Å². The molecular formula is C23H48NO7P. The van der Waals surface area contributed by atoms with E-state index in [4.69, 9.17) is 13.8 Å². The number of phosphoric acid groups is 1. The number of carbonyl (C=O) groups is 1. The van der Waals surface area contributed by atoms with Crippen LogP contribution < -0.4 is 4.89 Å². The number of quaternary nitrogens is 1. The average Bonchev–Trinajstić information content (AvgIpc) is 2.70. The van der Waals surface area contributed by atoms with Crippen LogP contribution in [0.5, 0.6) is 0 Å². The standard InChI is InChI=1S/C23H48NO7P/c1-5-6-7-8-9-10-11-12-13-14-15-16-17-23(26)31-22(20-25)21-30-32(27,28)29-19-18-24(2,3)4/h22,25H,5-21H2,1-4H3/t22-/m0/s1. The third-order valence-corrected chi connectivity index (χ3v) is 6.13. The van der Waals surface area contributed by atoms with Crippen LogP contribution in [0.1, 0.15) is 90.4 Å². The fourth-order valence-corrected chi connectivity index (χ4v) is 3.85. The van der Waals surface area contributed by atoms with Crippen molar-refractivity contribution in [1.82, 2.24) is 0 Å². The van der Waals surface area contributed by atoms with Crippen LogP contribution in [0.4, 0.5) is 0 Å². The minimum atomic E-state index is -4.50. The van der Waals surface area contributed by atoms with Crippen LogP contribution in [0.25, 0.3) is 0 Å². The fourth-order valence-electron chi connectivity index (χ4n) is 3.12. The zero-order valence-electron chi connectivity index (χ0n) is 20.9. The molecule has 32 heavy (non-hydrogen) atoms. The number of aliphatic hydroxyl groups excluding tert-OH is 1. The maximum absolute atomic E-state index is 11.9. The number of likely N-dealkylation sites (N-methyl/N-ethyl adjacent to an activating group) is 1. The number of hydrogen-bond donors (Lipinski definition) is 1. The molecule has 0 aromatic carbocycles. The van der Waals surface area contributed by atoms with Crippen LogP contribution >= 0.6 is 7.82 Å². The van der Waals surface area contributed by atoms with Crippen LogP contribution in [0.15, 0.2) is 0 Å². The lowest BCUT2D eigenvalue weighted by Gasteiger charge is -2.28. The Morgan fingerprint density at radius 1 is 0.906 bits per heavy atom. The molecule has 0 aromatic heterocycles. The van der Waals surface area contributed by atoms with E-state index in [0.29, 0.717) is 11.0 Å². The SMILES string of the molecule is CCCCCCCCCCCCCCC(=O)O[C@@H](CO)COP(=O)([O-])OCC[N+](C)(C)C. The molecule has 0 aliphatic carbocycles. The first-order chi connectivity index (χ1) is 15.1. The number of carbonyl (C=O) groups excluding carboxylic acids is 1. The highest BCUT2D eigenvalue weighted by Gasteiger charge is 2.19. The molecule has 9 heteroatoms. The van der Waals surface area contributed by atoms with Gasteiger partial charge in [-0.1, -0.05) is 77.6 Å². The van der Waals surface area contributed by atoms with E-state index in [1.165, 1.54) is 57.8 Å². The largest absolute Gasteiger partial charge is 0.756 e. The summed E-state index contributed by atoms with van der Waals surface area (Å²) < 4.78 is 27.0. The summed E-state index contributed by atoms with van der Waals surface area (Å²) in [5, 5.41) is 9.33. The smallest absolute Gasteiger partial charge is 0.306 e. The second-order valence-electron chi connectivity index (χ2n) is 9.52. The topological polar surface area (TPSA) is 105 Å². The molecule has 0 saturated carbocycles. The Kier molecular flexibility index (Phi) is 18.6. The molecule has 0 aliphatic rings. The molecular weight excluding hydrogens is 433 g/mol. The predicted octanol–water partition coefficient (Wildman–Crippen LogP) is 4.19. The molecule has 1 unspecified atom stereocenters. The fraction of sp³-hybridized carbons (Fsp3) is 0.957. The Hall–Kier alpha value is -0.500. The number of esters is 1. The third kappa shape index (κ3) is 21.4. The van der Waals surface area contributed by atoms with Gasteiger partial charge in [-0.2, -0.15) is 0 Å². The van der Waals surface area contributed by atoms with Gasteiger partial charge in [0.05, 0.1) is 34.4 Å². The second-order valence-corrected chi connectivity index (χ2v) is 10.9. The van der Waals surface area contributed by atoms with E-state index < -0.39 is 33.1 Å². The highest BCUT2D eigenvalue weighted by atomic mass is 31.2. The monoisotopic (exact) mass is 481 g/mol. The Labute approximate surface area is 195 Å². The summed E-state index contributed by atoms with van der Waals surface area (Å²) >= 11 is 0. The van der Waals surface area contributed by atoms with Crippen LogP contribution in [0.2, 0.25) is 0 Å². The van der Waals surface area contributed by atoms with Crippen molar-refractivity contribution in [3.63, 3.8) is 0 Å². The van der Waals surface area contributed by atoms with Crippen molar-refractivity contribution in [1.29, 1.82) is 0 Å². The van der Waals surface area contributed by atoms with Crippen molar-refractivity contribution >= 4 is 13.8 Å². The summed E-state index contributed by atoms with van der Waals surface area (Å²) in [6.45, 7) is 1.76. The van der Waals surface area contributed by atoms with E-state index >= 15 is 0 Å². The molecule has 0 bridgehead atoms.